The van der Waals surface area contributed by atoms with Gasteiger partial charge < -0.3 is 9.88 Å². The number of aryl methyl sites for hydroxylation is 1. The van der Waals surface area contributed by atoms with Crippen LogP contribution in [0.15, 0.2) is 21.9 Å². The van der Waals surface area contributed by atoms with E-state index in [0.29, 0.717) is 11.0 Å². The molecule has 0 spiro atoms. The maximum Gasteiger partial charge on any atom is 0.328 e. The Kier molecular flexibility index (Phi) is 5.21. The van der Waals surface area contributed by atoms with Gasteiger partial charge in [0.05, 0.1) is 0 Å². The highest BCUT2D eigenvalue weighted by Crippen LogP contribution is 2.18. The molecule has 0 aliphatic heterocycles. The van der Waals surface area contributed by atoms with Crippen LogP contribution < -0.4 is 16.6 Å². The number of hydrogen-bond acceptors (Lipinski definition) is 6. The van der Waals surface area contributed by atoms with Gasteiger partial charge in [-0.1, -0.05) is 25.2 Å². The first kappa shape index (κ1) is 16.1. The van der Waals surface area contributed by atoms with Crippen LogP contribution in [-0.4, -0.2) is 25.7 Å². The van der Waals surface area contributed by atoms with Crippen LogP contribution in [-0.2, 0) is 17.8 Å². The summed E-state index contributed by atoms with van der Waals surface area (Å²) in [7, 11) is 0. The summed E-state index contributed by atoms with van der Waals surface area (Å²) in [6.45, 7) is 4.35. The number of rotatable bonds is 6. The van der Waals surface area contributed by atoms with Gasteiger partial charge in [0.15, 0.2) is 0 Å². The van der Waals surface area contributed by atoms with Crippen molar-refractivity contribution in [2.24, 2.45) is 5.92 Å². The van der Waals surface area contributed by atoms with Gasteiger partial charge in [-0.2, -0.15) is 0 Å². The standard InChI is InChI=1S/C13H17N5O3S/c1-8(2)7-11-16-17-12(22-11)14-9(19)3-5-18-6-4-10(20)15-13(18)21/h4,6,8H,3,5,7H2,1-2H3,(H,14,17,19)(H,15,20,21). The fourth-order valence-electron chi connectivity index (χ4n) is 1.76. The highest BCUT2D eigenvalue weighted by molar-refractivity contribution is 7.15. The summed E-state index contributed by atoms with van der Waals surface area (Å²) in [5, 5.41) is 11.9. The molecule has 0 bridgehead atoms. The van der Waals surface area contributed by atoms with Gasteiger partial charge in [0, 0.05) is 31.6 Å². The van der Waals surface area contributed by atoms with Crippen LogP contribution in [0.25, 0.3) is 0 Å². The summed E-state index contributed by atoms with van der Waals surface area (Å²) >= 11 is 1.35. The number of H-pyrrole nitrogens is 1. The van der Waals surface area contributed by atoms with Crippen molar-refractivity contribution in [1.82, 2.24) is 19.7 Å². The molecular weight excluding hydrogens is 306 g/mol. The minimum Gasteiger partial charge on any atom is -0.300 e. The van der Waals surface area contributed by atoms with Crippen molar-refractivity contribution >= 4 is 22.4 Å². The van der Waals surface area contributed by atoms with E-state index in [-0.39, 0.29) is 18.9 Å². The summed E-state index contributed by atoms with van der Waals surface area (Å²) in [4.78, 5) is 36.4. The molecule has 2 heterocycles. The number of hydrogen-bond donors (Lipinski definition) is 2. The Morgan fingerprint density at radius 1 is 1.41 bits per heavy atom. The van der Waals surface area contributed by atoms with Crippen molar-refractivity contribution in [3.05, 3.63) is 38.1 Å². The highest BCUT2D eigenvalue weighted by Gasteiger charge is 2.09. The molecule has 2 aromatic heterocycles. The molecule has 0 atom stereocenters. The first-order valence-corrected chi connectivity index (χ1v) is 7.67. The monoisotopic (exact) mass is 323 g/mol. The van der Waals surface area contributed by atoms with Gasteiger partial charge in [-0.25, -0.2) is 4.79 Å². The van der Waals surface area contributed by atoms with Crippen LogP contribution in [0.4, 0.5) is 5.13 Å². The van der Waals surface area contributed by atoms with Gasteiger partial charge in [-0.3, -0.25) is 14.6 Å². The molecule has 9 heteroatoms. The third kappa shape index (κ3) is 4.62. The Labute approximate surface area is 130 Å². The van der Waals surface area contributed by atoms with Gasteiger partial charge >= 0.3 is 5.69 Å². The largest absolute Gasteiger partial charge is 0.328 e. The fraction of sp³-hybridized carbons (Fsp3) is 0.462. The lowest BCUT2D eigenvalue weighted by atomic mass is 10.1. The van der Waals surface area contributed by atoms with Crippen molar-refractivity contribution in [1.29, 1.82) is 0 Å². The minimum absolute atomic E-state index is 0.102. The Morgan fingerprint density at radius 2 is 2.18 bits per heavy atom. The molecule has 0 aliphatic carbocycles. The molecule has 0 aromatic carbocycles. The molecule has 2 rings (SSSR count). The molecule has 8 nitrogen and oxygen atoms in total. The quantitative estimate of drug-likeness (QED) is 0.809. The zero-order valence-corrected chi connectivity index (χ0v) is 13.1. The Morgan fingerprint density at radius 3 is 2.86 bits per heavy atom. The van der Waals surface area contributed by atoms with Crippen LogP contribution in [0.5, 0.6) is 0 Å². The van der Waals surface area contributed by atoms with Gasteiger partial charge in [-0.05, 0) is 5.92 Å². The third-order valence-corrected chi connectivity index (χ3v) is 3.63. The number of carbonyl (C=O) groups excluding carboxylic acids is 1. The summed E-state index contributed by atoms with van der Waals surface area (Å²) in [5.74, 6) is 0.217. The smallest absolute Gasteiger partial charge is 0.300 e. The molecule has 0 saturated carbocycles. The van der Waals surface area contributed by atoms with E-state index in [1.54, 1.807) is 0 Å². The lowest BCUT2D eigenvalue weighted by Gasteiger charge is -2.04. The summed E-state index contributed by atoms with van der Waals surface area (Å²) in [6, 6.07) is 1.24. The van der Waals surface area contributed by atoms with E-state index in [4.69, 9.17) is 0 Å². The SMILES string of the molecule is CC(C)Cc1nnc(NC(=O)CCn2ccc(=O)[nH]c2=O)s1. The summed E-state index contributed by atoms with van der Waals surface area (Å²) in [5.41, 5.74) is -0.993. The molecular formula is C13H17N5O3S. The number of nitrogens with one attached hydrogen (secondary N) is 2. The summed E-state index contributed by atoms with van der Waals surface area (Å²) < 4.78 is 1.27. The maximum atomic E-state index is 11.8. The lowest BCUT2D eigenvalue weighted by Crippen LogP contribution is -2.29. The van der Waals surface area contributed by atoms with Crippen molar-refractivity contribution in [2.75, 3.05) is 5.32 Å². The maximum absolute atomic E-state index is 11.8. The molecule has 0 saturated heterocycles. The highest BCUT2D eigenvalue weighted by atomic mass is 32.1. The second kappa shape index (κ2) is 7.12. The Hall–Kier alpha value is -2.29. The predicted molar refractivity (Wildman–Crippen MR) is 83.0 cm³/mol. The van der Waals surface area contributed by atoms with Crippen molar-refractivity contribution in [3.63, 3.8) is 0 Å². The average molecular weight is 323 g/mol. The molecule has 22 heavy (non-hydrogen) atoms. The molecule has 2 aromatic rings. The second-order valence-corrected chi connectivity index (χ2v) is 6.26. The van der Waals surface area contributed by atoms with E-state index in [0.717, 1.165) is 11.4 Å². The molecule has 1 amide bonds. The Bertz CT molecular complexity index is 761. The fourth-order valence-corrected chi connectivity index (χ4v) is 2.73. The first-order valence-electron chi connectivity index (χ1n) is 6.86. The van der Waals surface area contributed by atoms with Crippen LogP contribution >= 0.6 is 11.3 Å². The van der Waals surface area contributed by atoms with Crippen molar-refractivity contribution in [2.45, 2.75) is 33.2 Å². The van der Waals surface area contributed by atoms with Crippen molar-refractivity contribution < 1.29 is 4.79 Å². The van der Waals surface area contributed by atoms with Crippen LogP contribution in [0.3, 0.4) is 0 Å². The number of aromatic nitrogens is 4. The molecule has 0 unspecified atom stereocenters. The topological polar surface area (TPSA) is 110 Å². The number of anilines is 1. The lowest BCUT2D eigenvalue weighted by molar-refractivity contribution is -0.116. The average Bonchev–Trinajstić information content (AvgIpc) is 2.84. The van der Waals surface area contributed by atoms with Crippen LogP contribution in [0.2, 0.25) is 0 Å². The number of carbonyl (C=O) groups is 1. The van der Waals surface area contributed by atoms with Gasteiger partial charge in [0.2, 0.25) is 11.0 Å². The molecule has 0 radical (unpaired) electrons. The van der Waals surface area contributed by atoms with Crippen molar-refractivity contribution in [3.8, 4) is 0 Å². The number of aromatic amines is 1. The molecule has 0 aliphatic rings. The van der Waals surface area contributed by atoms with E-state index in [1.807, 2.05) is 0 Å². The minimum atomic E-state index is -0.532. The zero-order valence-electron chi connectivity index (χ0n) is 12.3. The van der Waals surface area contributed by atoms with Crippen LogP contribution in [0.1, 0.15) is 25.3 Å². The third-order valence-electron chi connectivity index (χ3n) is 2.77. The molecule has 0 fully saturated rings. The van der Waals surface area contributed by atoms with Gasteiger partial charge in [0.25, 0.3) is 5.56 Å². The van der Waals surface area contributed by atoms with Crippen LogP contribution in [0, 0.1) is 5.92 Å². The molecule has 2 N–H and O–H groups in total. The van der Waals surface area contributed by atoms with E-state index in [1.165, 1.54) is 28.2 Å². The van der Waals surface area contributed by atoms with Gasteiger partial charge in [-0.15, -0.1) is 10.2 Å². The van der Waals surface area contributed by atoms with E-state index in [9.17, 15) is 14.4 Å². The summed E-state index contributed by atoms with van der Waals surface area (Å²) in [6.07, 6.45) is 2.28. The van der Waals surface area contributed by atoms with Gasteiger partial charge in [0.1, 0.15) is 5.01 Å². The molecule has 118 valence electrons. The van der Waals surface area contributed by atoms with E-state index >= 15 is 0 Å². The van der Waals surface area contributed by atoms with E-state index in [2.05, 4.69) is 34.3 Å². The number of nitrogens with zero attached hydrogens (tertiary/aromatic N) is 3. The van der Waals surface area contributed by atoms with E-state index < -0.39 is 11.2 Å². The predicted octanol–water partition coefficient (Wildman–Crippen LogP) is 0.615. The first-order chi connectivity index (χ1) is 10.4. The number of amides is 1. The normalized spacial score (nSPS) is 10.9. The zero-order chi connectivity index (χ0) is 16.1. The second-order valence-electron chi connectivity index (χ2n) is 5.20. The Balaban J connectivity index is 1.89.